The molecule has 0 heterocycles. The normalized spacial score (nSPS) is 11.5. The van der Waals surface area contributed by atoms with Gasteiger partial charge in [-0.05, 0) is 18.2 Å². The fraction of sp³-hybridized carbons (Fsp3) is 0.125. The van der Waals surface area contributed by atoms with Gasteiger partial charge in [-0.1, -0.05) is 23.8 Å². The number of rotatable bonds is 1. The molecule has 0 fully saturated rings. The average molecular weight is 243 g/mol. The van der Waals surface area contributed by atoms with Gasteiger partial charge in [0.25, 0.3) is 0 Å². The predicted molar refractivity (Wildman–Crippen MR) is 49.0 cm³/mol. The molecule has 0 nitrogen and oxygen atoms in total. The molecule has 0 spiro atoms. The highest BCUT2D eigenvalue weighted by molar-refractivity contribution is 7.83. The van der Waals surface area contributed by atoms with Gasteiger partial charge in [0.15, 0.2) is 0 Å². The summed E-state index contributed by atoms with van der Waals surface area (Å²) < 4.78 is 49.0. The summed E-state index contributed by atoms with van der Waals surface area (Å²) in [7, 11) is 0. The van der Waals surface area contributed by atoms with Crippen LogP contribution in [0.25, 0.3) is 0 Å². The summed E-state index contributed by atoms with van der Waals surface area (Å²) in [6, 6.07) is 2.15. The quantitative estimate of drug-likeness (QED) is 0.411. The first-order valence-corrected chi connectivity index (χ1v) is 4.17. The maximum absolute atomic E-state index is 12.6. The standard InChI is InChI=1S/C8H3ClF4S/c9-7(14)5-2-1-4(10)3-6(5)8(11,12)13/h1-3H. The van der Waals surface area contributed by atoms with E-state index < -0.39 is 21.9 Å². The van der Waals surface area contributed by atoms with E-state index in [-0.39, 0.29) is 5.56 Å². The van der Waals surface area contributed by atoms with Gasteiger partial charge < -0.3 is 0 Å². The summed E-state index contributed by atoms with van der Waals surface area (Å²) in [6.45, 7) is 0. The molecule has 1 aromatic rings. The highest BCUT2D eigenvalue weighted by Gasteiger charge is 2.34. The number of thiocarbonyl (C=S) groups is 1. The molecule has 0 N–H and O–H groups in total. The molecule has 0 aliphatic rings. The number of halogens is 5. The minimum atomic E-state index is -4.66. The highest BCUT2D eigenvalue weighted by atomic mass is 35.5. The number of hydrogen-bond donors (Lipinski definition) is 0. The van der Waals surface area contributed by atoms with E-state index >= 15 is 0 Å². The number of alkyl halides is 3. The van der Waals surface area contributed by atoms with Gasteiger partial charge in [0.1, 0.15) is 10.1 Å². The van der Waals surface area contributed by atoms with Crippen LogP contribution >= 0.6 is 23.8 Å². The summed E-state index contributed by atoms with van der Waals surface area (Å²) in [5, 5.41) is 0. The van der Waals surface area contributed by atoms with E-state index in [0.29, 0.717) is 6.07 Å². The molecule has 6 heteroatoms. The van der Waals surface area contributed by atoms with Crippen molar-refractivity contribution < 1.29 is 17.6 Å². The summed E-state index contributed by atoms with van der Waals surface area (Å²) in [4.78, 5) is 0. The summed E-state index contributed by atoms with van der Waals surface area (Å²) in [5.74, 6) is -0.978. The molecule has 0 aromatic heterocycles. The third kappa shape index (κ3) is 2.42. The molecule has 0 radical (unpaired) electrons. The van der Waals surface area contributed by atoms with Crippen LogP contribution in [0, 0.1) is 5.82 Å². The van der Waals surface area contributed by atoms with E-state index in [1.807, 2.05) is 0 Å². The molecule has 0 saturated heterocycles. The van der Waals surface area contributed by atoms with Gasteiger partial charge in [-0.15, -0.1) is 0 Å². The van der Waals surface area contributed by atoms with Crippen LogP contribution in [-0.4, -0.2) is 4.32 Å². The minimum Gasteiger partial charge on any atom is -0.207 e. The van der Waals surface area contributed by atoms with Crippen LogP contribution in [0.1, 0.15) is 11.1 Å². The third-order valence-electron chi connectivity index (χ3n) is 1.50. The Bertz CT molecular complexity index is 372. The Morgan fingerprint density at radius 2 is 1.86 bits per heavy atom. The first-order valence-electron chi connectivity index (χ1n) is 3.39. The Kier molecular flexibility index (Phi) is 3.11. The molecule has 0 amide bonds. The van der Waals surface area contributed by atoms with E-state index in [2.05, 4.69) is 12.2 Å². The third-order valence-corrected chi connectivity index (χ3v) is 1.92. The van der Waals surface area contributed by atoms with E-state index in [1.165, 1.54) is 0 Å². The first-order chi connectivity index (χ1) is 6.32. The zero-order chi connectivity index (χ0) is 10.9. The lowest BCUT2D eigenvalue weighted by Gasteiger charge is -2.10. The van der Waals surface area contributed by atoms with Gasteiger partial charge in [-0.3, -0.25) is 0 Å². The molecular formula is C8H3ClF4S. The summed E-state index contributed by atoms with van der Waals surface area (Å²) in [6.07, 6.45) is -4.66. The molecule has 76 valence electrons. The summed E-state index contributed by atoms with van der Waals surface area (Å²) >= 11 is 9.68. The molecule has 0 aliphatic carbocycles. The Labute approximate surface area is 87.5 Å². The molecule has 14 heavy (non-hydrogen) atoms. The number of benzene rings is 1. The zero-order valence-corrected chi connectivity index (χ0v) is 8.10. The van der Waals surface area contributed by atoms with Crippen molar-refractivity contribution in [1.29, 1.82) is 0 Å². The Hall–Kier alpha value is -0.680. The van der Waals surface area contributed by atoms with Crippen LogP contribution in [0.15, 0.2) is 18.2 Å². The van der Waals surface area contributed by atoms with Crippen molar-refractivity contribution in [3.05, 3.63) is 35.1 Å². The second-order valence-electron chi connectivity index (χ2n) is 2.46. The van der Waals surface area contributed by atoms with E-state index in [9.17, 15) is 17.6 Å². The predicted octanol–water partition coefficient (Wildman–Crippen LogP) is 3.76. The van der Waals surface area contributed by atoms with Gasteiger partial charge in [0, 0.05) is 5.56 Å². The van der Waals surface area contributed by atoms with Crippen LogP contribution in [0.2, 0.25) is 0 Å². The zero-order valence-electron chi connectivity index (χ0n) is 6.53. The van der Waals surface area contributed by atoms with Gasteiger partial charge in [0.2, 0.25) is 0 Å². The van der Waals surface area contributed by atoms with Gasteiger partial charge in [-0.25, -0.2) is 4.39 Å². The average Bonchev–Trinajstić information content (AvgIpc) is 2.01. The molecule has 0 atom stereocenters. The monoisotopic (exact) mass is 242 g/mol. The lowest BCUT2D eigenvalue weighted by Crippen LogP contribution is -2.10. The van der Waals surface area contributed by atoms with Crippen molar-refractivity contribution in [1.82, 2.24) is 0 Å². The Morgan fingerprint density at radius 1 is 1.29 bits per heavy atom. The largest absolute Gasteiger partial charge is 0.417 e. The minimum absolute atomic E-state index is 0.365. The van der Waals surface area contributed by atoms with Gasteiger partial charge in [0.05, 0.1) is 5.56 Å². The molecule has 0 aliphatic heterocycles. The van der Waals surface area contributed by atoms with Crippen molar-refractivity contribution >= 4 is 28.1 Å². The smallest absolute Gasteiger partial charge is 0.207 e. The van der Waals surface area contributed by atoms with Crippen LogP contribution in [-0.2, 0) is 6.18 Å². The molecule has 0 bridgehead atoms. The lowest BCUT2D eigenvalue weighted by molar-refractivity contribution is -0.137. The molecule has 0 unspecified atom stereocenters. The van der Waals surface area contributed by atoms with Crippen LogP contribution in [0.5, 0.6) is 0 Å². The van der Waals surface area contributed by atoms with Crippen LogP contribution < -0.4 is 0 Å². The van der Waals surface area contributed by atoms with Crippen molar-refractivity contribution in [2.24, 2.45) is 0 Å². The van der Waals surface area contributed by atoms with E-state index in [4.69, 9.17) is 11.6 Å². The van der Waals surface area contributed by atoms with E-state index in [0.717, 1.165) is 12.1 Å². The van der Waals surface area contributed by atoms with Crippen molar-refractivity contribution in [3.63, 3.8) is 0 Å². The van der Waals surface area contributed by atoms with E-state index in [1.54, 1.807) is 0 Å². The fourth-order valence-corrected chi connectivity index (χ4v) is 1.27. The molecule has 1 rings (SSSR count). The van der Waals surface area contributed by atoms with Gasteiger partial charge >= 0.3 is 6.18 Å². The second-order valence-corrected chi connectivity index (χ2v) is 3.47. The molecular weight excluding hydrogens is 240 g/mol. The van der Waals surface area contributed by atoms with Gasteiger partial charge in [-0.2, -0.15) is 13.2 Å². The summed E-state index contributed by atoms with van der Waals surface area (Å²) in [5.41, 5.74) is -1.53. The lowest BCUT2D eigenvalue weighted by atomic mass is 10.1. The molecule has 0 saturated carbocycles. The van der Waals surface area contributed by atoms with Crippen molar-refractivity contribution in [3.8, 4) is 0 Å². The van der Waals surface area contributed by atoms with Crippen LogP contribution in [0.4, 0.5) is 17.6 Å². The second kappa shape index (κ2) is 3.82. The van der Waals surface area contributed by atoms with Crippen molar-refractivity contribution in [2.75, 3.05) is 0 Å². The fourth-order valence-electron chi connectivity index (χ4n) is 0.922. The maximum Gasteiger partial charge on any atom is 0.417 e. The number of hydrogen-bond acceptors (Lipinski definition) is 1. The Morgan fingerprint density at radius 3 is 2.29 bits per heavy atom. The topological polar surface area (TPSA) is 0 Å². The highest BCUT2D eigenvalue weighted by Crippen LogP contribution is 2.33. The molecule has 1 aromatic carbocycles. The first kappa shape index (κ1) is 11.4. The van der Waals surface area contributed by atoms with Crippen LogP contribution in [0.3, 0.4) is 0 Å². The SMILES string of the molecule is Fc1ccc(C(=S)Cl)c(C(F)(F)F)c1. The Balaban J connectivity index is 3.38. The maximum atomic E-state index is 12.6. The van der Waals surface area contributed by atoms with Crippen molar-refractivity contribution in [2.45, 2.75) is 6.18 Å².